The molecule has 188 valence electrons. The molecule has 0 bridgehead atoms. The molecule has 10 aliphatic heterocycles. The molecule has 4 heteroatoms. The molecule has 0 N–H and O–H groups in total. The zero-order valence-corrected chi connectivity index (χ0v) is 24.4. The molecule has 0 aromatic heterocycles. The van der Waals surface area contributed by atoms with E-state index in [1.807, 2.05) is 0 Å². The quantitative estimate of drug-likeness (QED) is 0.124. The van der Waals surface area contributed by atoms with E-state index in [0.29, 0.717) is 8.11 Å². The van der Waals surface area contributed by atoms with Crippen LogP contribution in [-0.4, -0.2) is 11.9 Å². The Bertz CT molecular complexity index is 2130. The molecule has 10 heterocycles. The molecule has 14 rings (SSSR count). The molecule has 0 saturated carbocycles. The summed E-state index contributed by atoms with van der Waals surface area (Å²) < 4.78 is 1.25. The predicted molar refractivity (Wildman–Crippen MR) is 158 cm³/mol. The first-order chi connectivity index (χ1) is 18.5. The van der Waals surface area contributed by atoms with Crippen LogP contribution in [0.4, 0.5) is 0 Å². The van der Waals surface area contributed by atoms with Crippen LogP contribution in [0.15, 0.2) is 121 Å². The van der Waals surface area contributed by atoms with Crippen molar-refractivity contribution in [3.05, 3.63) is 121 Å². The van der Waals surface area contributed by atoms with E-state index in [9.17, 15) is 0 Å². The van der Waals surface area contributed by atoms with Gasteiger partial charge in [-0.1, -0.05) is 0 Å². The Kier molecular flexibility index (Phi) is 1.45. The van der Waals surface area contributed by atoms with Crippen molar-refractivity contribution in [1.29, 1.82) is 0 Å². The Morgan fingerprint density at radius 3 is 1.13 bits per heavy atom. The molecular weight excluding hydrogens is 562 g/mol. The summed E-state index contributed by atoms with van der Waals surface area (Å²) in [6.45, 7) is -4.22. The molecule has 0 aliphatic carbocycles. The van der Waals surface area contributed by atoms with Crippen molar-refractivity contribution in [3.8, 4) is 0 Å². The van der Waals surface area contributed by atoms with Crippen LogP contribution in [0.5, 0.6) is 0 Å². The van der Waals surface area contributed by atoms with Gasteiger partial charge < -0.3 is 0 Å². The van der Waals surface area contributed by atoms with Gasteiger partial charge in [-0.15, -0.1) is 0 Å². The average Bonchev–Trinajstić information content (AvgIpc) is 3.94. The van der Waals surface area contributed by atoms with Gasteiger partial charge in [-0.05, 0) is 0 Å². The van der Waals surface area contributed by atoms with Gasteiger partial charge in [0, 0.05) is 0 Å². The van der Waals surface area contributed by atoms with Crippen LogP contribution in [0, 0.1) is 0 Å². The van der Waals surface area contributed by atoms with Crippen LogP contribution < -0.4 is 21.2 Å². The second-order valence-corrected chi connectivity index (χ2v) is 45.0. The van der Waals surface area contributed by atoms with Gasteiger partial charge in [0.2, 0.25) is 0 Å². The van der Waals surface area contributed by atoms with Crippen LogP contribution in [0.3, 0.4) is 0 Å². The SMILES string of the molecule is Cl[C]12[CH]3[CH]4[C]5(P(c6ccccc6)c6ccccc6)[C]1(P(c1ccccc1)c1ccccc1)[Fe]34251678[CH]2[CH]1[CH]6[CH]7[CH]28. The fourth-order valence-corrected chi connectivity index (χ4v) is 132. The van der Waals surface area contributed by atoms with E-state index in [1.54, 1.807) is 21.2 Å². The molecule has 38 heavy (non-hydrogen) atoms. The second kappa shape index (κ2) is 2.92. The second-order valence-electron chi connectivity index (χ2n) is 15.7. The molecule has 5 atom stereocenters. The van der Waals surface area contributed by atoms with Crippen LogP contribution in [0.2, 0.25) is 33.7 Å². The summed E-state index contributed by atoms with van der Waals surface area (Å²) in [7, 11) is -0.925. The standard InChI is InChI=1S/C29H22ClP2.C5H5.Fe/c30-27-21-22-28(31(23-13-5-1-6-14-23)24-15-7-2-8-16-24)29(27)32(25-17-9-3-10-18-25)26-19-11-4-12-20-26;1-2-4-5-3-1;/h1-22H;1-5H;. The van der Waals surface area contributed by atoms with Gasteiger partial charge in [-0.25, -0.2) is 0 Å². The monoisotopic (exact) mass is 588 g/mol. The normalized spacial score (nSPS) is 63.7. The number of fused-ring (bicyclic) bond motifs is 10. The Morgan fingerprint density at radius 2 is 0.816 bits per heavy atom. The number of benzene rings is 4. The number of hydrogen-bond acceptors (Lipinski definition) is 0. The first-order valence-corrected chi connectivity index (χ1v) is 23.4. The molecule has 0 nitrogen and oxygen atoms in total. The summed E-state index contributed by atoms with van der Waals surface area (Å²) in [5.41, 5.74) is 0. The van der Waals surface area contributed by atoms with E-state index in [2.05, 4.69) is 121 Å². The third kappa shape index (κ3) is 0.433. The Balaban J connectivity index is 1.19. The zero-order chi connectivity index (χ0) is 24.5. The summed E-state index contributed by atoms with van der Waals surface area (Å²) in [6, 6.07) is 47.4. The molecule has 5 unspecified atom stereocenters. The Hall–Kier alpha value is -1.45. The van der Waals surface area contributed by atoms with Crippen LogP contribution in [0.25, 0.3) is 0 Å². The van der Waals surface area contributed by atoms with Crippen LogP contribution in [-0.2, 0) is 6.51 Å². The molecular formula is C34H27ClFeP2. The third-order valence-corrected chi connectivity index (χ3v) is 79.7. The van der Waals surface area contributed by atoms with Crippen LogP contribution >= 0.6 is 27.4 Å². The first-order valence-electron chi connectivity index (χ1n) is 14.2. The summed E-state index contributed by atoms with van der Waals surface area (Å²) in [6.07, 6.45) is 0. The van der Waals surface area contributed by atoms with Crippen molar-refractivity contribution in [2.45, 2.75) is 45.6 Å². The van der Waals surface area contributed by atoms with E-state index in [4.69, 9.17) is 11.6 Å². The van der Waals surface area contributed by atoms with E-state index < -0.39 is 22.4 Å². The molecule has 4 aromatic rings. The number of alkyl halides is 1. The number of rotatable bonds is 6. The molecule has 10 saturated heterocycles. The van der Waals surface area contributed by atoms with Crippen molar-refractivity contribution in [2.75, 3.05) is 0 Å². The fraction of sp³-hybridized carbons (Fsp3) is 0.294. The molecule has 10 fully saturated rings. The summed E-state index contributed by atoms with van der Waals surface area (Å²) >= 11 is 8.57. The van der Waals surface area contributed by atoms with Gasteiger partial charge in [-0.3, -0.25) is 0 Å². The van der Waals surface area contributed by atoms with E-state index in [-0.39, 0.29) is 3.77 Å². The first kappa shape index (κ1) is 18.8. The third-order valence-electron chi connectivity index (χ3n) is 19.4. The number of hydrogen-bond donors (Lipinski definition) is 0. The van der Waals surface area contributed by atoms with Gasteiger partial charge in [-0.2, -0.15) is 0 Å². The van der Waals surface area contributed by atoms with Gasteiger partial charge >= 0.3 is 222 Å². The maximum atomic E-state index is 8.57. The van der Waals surface area contributed by atoms with E-state index >= 15 is 0 Å². The minimum atomic E-state index is -4.22. The summed E-state index contributed by atoms with van der Waals surface area (Å²) in [5, 5.41) is 6.55. The number of halogens is 1. The Morgan fingerprint density at radius 1 is 0.474 bits per heavy atom. The topological polar surface area (TPSA) is 0 Å². The maximum absolute atomic E-state index is 8.57. The van der Waals surface area contributed by atoms with Gasteiger partial charge in [0.15, 0.2) is 0 Å². The van der Waals surface area contributed by atoms with Crippen molar-refractivity contribution in [2.24, 2.45) is 0 Å². The van der Waals surface area contributed by atoms with Crippen molar-refractivity contribution < 1.29 is 6.51 Å². The van der Waals surface area contributed by atoms with Gasteiger partial charge in [0.05, 0.1) is 0 Å². The fourth-order valence-electron chi connectivity index (χ4n) is 20.9. The van der Waals surface area contributed by atoms with Gasteiger partial charge in [0.1, 0.15) is 0 Å². The van der Waals surface area contributed by atoms with Crippen molar-refractivity contribution >= 4 is 48.7 Å². The molecule has 0 amide bonds. The van der Waals surface area contributed by atoms with E-state index in [0.717, 1.165) is 33.7 Å². The molecule has 10 aliphatic rings. The zero-order valence-electron chi connectivity index (χ0n) is 20.7. The average molecular weight is 589 g/mol. The van der Waals surface area contributed by atoms with Crippen LogP contribution in [0.1, 0.15) is 0 Å². The van der Waals surface area contributed by atoms with E-state index in [1.165, 1.54) is 0 Å². The molecule has 4 aromatic carbocycles. The van der Waals surface area contributed by atoms with Gasteiger partial charge in [0.25, 0.3) is 0 Å². The van der Waals surface area contributed by atoms with Crippen molar-refractivity contribution in [1.82, 2.24) is 0 Å². The summed E-state index contributed by atoms with van der Waals surface area (Å²) in [5.74, 6) is 0. The summed E-state index contributed by atoms with van der Waals surface area (Å²) in [4.78, 5) is 7.71. The minimum absolute atomic E-state index is 0.239. The Labute approximate surface area is 221 Å². The molecule has 1 spiro atoms. The van der Waals surface area contributed by atoms with Crippen molar-refractivity contribution in [3.63, 3.8) is 0 Å². The molecule has 0 radical (unpaired) electrons. The predicted octanol–water partition coefficient (Wildman–Crippen LogP) is 7.60.